The lowest BCUT2D eigenvalue weighted by atomic mass is 9.96. The normalized spacial score (nSPS) is 24.6. The van der Waals surface area contributed by atoms with Gasteiger partial charge in [0.1, 0.15) is 5.82 Å². The summed E-state index contributed by atoms with van der Waals surface area (Å²) in [5.41, 5.74) is 0. The Kier molecular flexibility index (Phi) is 4.83. The van der Waals surface area contributed by atoms with Crippen LogP contribution in [0.5, 0.6) is 0 Å². The molecule has 108 valence electrons. The van der Waals surface area contributed by atoms with Gasteiger partial charge >= 0.3 is 0 Å². The van der Waals surface area contributed by atoms with Gasteiger partial charge < -0.3 is 4.90 Å². The predicted molar refractivity (Wildman–Crippen MR) is 84.2 cm³/mol. The highest BCUT2D eigenvalue weighted by atomic mass is 32.2. The first kappa shape index (κ1) is 14.2. The van der Waals surface area contributed by atoms with Crippen molar-refractivity contribution in [2.45, 2.75) is 24.0 Å². The summed E-state index contributed by atoms with van der Waals surface area (Å²) in [7, 11) is 0. The van der Waals surface area contributed by atoms with Gasteiger partial charge in [0, 0.05) is 48.7 Å². The van der Waals surface area contributed by atoms with Crippen molar-refractivity contribution in [3.63, 3.8) is 0 Å². The third-order valence-corrected chi connectivity index (χ3v) is 6.59. The number of carbonyl (C=O) groups is 1. The molecule has 1 aromatic heterocycles. The van der Waals surface area contributed by atoms with E-state index in [9.17, 15) is 4.79 Å². The molecular formula is C14H19N3OS2. The smallest absolute Gasteiger partial charge is 0.236 e. The van der Waals surface area contributed by atoms with Gasteiger partial charge in [0.15, 0.2) is 0 Å². The Morgan fingerprint density at radius 1 is 1.20 bits per heavy atom. The molecule has 0 aromatic carbocycles. The van der Waals surface area contributed by atoms with Crippen molar-refractivity contribution in [2.24, 2.45) is 0 Å². The van der Waals surface area contributed by atoms with E-state index in [0.717, 1.165) is 43.3 Å². The summed E-state index contributed by atoms with van der Waals surface area (Å²) >= 11 is 3.73. The molecule has 2 saturated heterocycles. The second-order valence-corrected chi connectivity index (χ2v) is 7.60. The van der Waals surface area contributed by atoms with E-state index in [4.69, 9.17) is 0 Å². The minimum Gasteiger partial charge on any atom is -0.342 e. The van der Waals surface area contributed by atoms with Gasteiger partial charge in [-0.25, -0.2) is 9.97 Å². The highest BCUT2D eigenvalue weighted by molar-refractivity contribution is 8.07. The molecule has 1 amide bonds. The van der Waals surface area contributed by atoms with Crippen LogP contribution in [0.4, 0.5) is 0 Å². The Bertz CT molecular complexity index is 443. The van der Waals surface area contributed by atoms with E-state index in [1.807, 2.05) is 34.5 Å². The molecule has 3 heterocycles. The molecule has 1 atom stereocenters. The third-order valence-electron chi connectivity index (χ3n) is 3.85. The average molecular weight is 309 g/mol. The van der Waals surface area contributed by atoms with Gasteiger partial charge in [0.2, 0.25) is 5.91 Å². The van der Waals surface area contributed by atoms with Crippen LogP contribution in [-0.4, -0.2) is 56.4 Å². The number of hydrogen-bond donors (Lipinski definition) is 0. The molecule has 0 bridgehead atoms. The van der Waals surface area contributed by atoms with Crippen molar-refractivity contribution in [1.29, 1.82) is 0 Å². The van der Waals surface area contributed by atoms with Crippen LogP contribution in [-0.2, 0) is 4.79 Å². The van der Waals surface area contributed by atoms with Gasteiger partial charge in [-0.2, -0.15) is 11.8 Å². The minimum atomic E-state index is 0.179. The van der Waals surface area contributed by atoms with Gasteiger partial charge in [-0.1, -0.05) is 0 Å². The van der Waals surface area contributed by atoms with Crippen LogP contribution in [0.25, 0.3) is 0 Å². The molecule has 2 aliphatic rings. The van der Waals surface area contributed by atoms with Gasteiger partial charge in [-0.15, -0.1) is 11.8 Å². The maximum Gasteiger partial charge on any atom is 0.236 e. The number of rotatable bonds is 2. The van der Waals surface area contributed by atoms with Crippen molar-refractivity contribution >= 4 is 29.4 Å². The Morgan fingerprint density at radius 3 is 2.60 bits per heavy atom. The zero-order valence-electron chi connectivity index (χ0n) is 11.4. The highest BCUT2D eigenvalue weighted by Gasteiger charge is 2.30. The molecule has 0 spiro atoms. The van der Waals surface area contributed by atoms with Gasteiger partial charge in [0.05, 0.1) is 5.25 Å². The van der Waals surface area contributed by atoms with E-state index in [1.165, 1.54) is 5.75 Å². The van der Waals surface area contributed by atoms with E-state index in [-0.39, 0.29) is 5.25 Å². The zero-order valence-corrected chi connectivity index (χ0v) is 13.0. The number of hydrogen-bond acceptors (Lipinski definition) is 5. The molecule has 0 radical (unpaired) electrons. The summed E-state index contributed by atoms with van der Waals surface area (Å²) in [4.78, 5) is 23.2. The van der Waals surface area contributed by atoms with Gasteiger partial charge in [0.25, 0.3) is 0 Å². The summed E-state index contributed by atoms with van der Waals surface area (Å²) in [6, 6.07) is 1.85. The number of amides is 1. The first-order valence-corrected chi connectivity index (χ1v) is 9.30. The summed E-state index contributed by atoms with van der Waals surface area (Å²) in [6.07, 6.45) is 5.58. The van der Waals surface area contributed by atoms with E-state index >= 15 is 0 Å². The van der Waals surface area contributed by atoms with Crippen molar-refractivity contribution in [3.8, 4) is 0 Å². The Morgan fingerprint density at radius 2 is 1.95 bits per heavy atom. The summed E-state index contributed by atoms with van der Waals surface area (Å²) < 4.78 is 0. The molecule has 4 nitrogen and oxygen atoms in total. The average Bonchev–Trinajstić information content (AvgIpc) is 2.56. The Hall–Kier alpha value is -0.750. The largest absolute Gasteiger partial charge is 0.342 e. The maximum absolute atomic E-state index is 12.5. The standard InChI is InChI=1S/C14H19N3OS2/c18-14(12-10-19-8-9-20-12)17-6-2-11(3-7-17)13-15-4-1-5-16-13/h1,4-5,11-12H,2-3,6-10H2. The van der Waals surface area contributed by atoms with Gasteiger partial charge in [-0.05, 0) is 18.9 Å². The first-order valence-electron chi connectivity index (χ1n) is 7.09. The van der Waals surface area contributed by atoms with Crippen LogP contribution >= 0.6 is 23.5 Å². The first-order chi connectivity index (χ1) is 9.84. The van der Waals surface area contributed by atoms with Crippen LogP contribution in [0.2, 0.25) is 0 Å². The molecule has 20 heavy (non-hydrogen) atoms. The molecule has 6 heteroatoms. The lowest BCUT2D eigenvalue weighted by Gasteiger charge is -2.34. The number of likely N-dealkylation sites (tertiary alicyclic amines) is 1. The quantitative estimate of drug-likeness (QED) is 0.836. The number of aromatic nitrogens is 2. The van der Waals surface area contributed by atoms with Crippen molar-refractivity contribution < 1.29 is 4.79 Å². The Labute approximate surface area is 128 Å². The van der Waals surface area contributed by atoms with Crippen LogP contribution in [0, 0.1) is 0 Å². The molecule has 2 aliphatic heterocycles. The number of carbonyl (C=O) groups excluding carboxylic acids is 1. The molecular weight excluding hydrogens is 290 g/mol. The third kappa shape index (κ3) is 3.28. The van der Waals surface area contributed by atoms with E-state index in [1.54, 1.807) is 12.4 Å². The fraction of sp³-hybridized carbons (Fsp3) is 0.643. The zero-order chi connectivity index (χ0) is 13.8. The monoisotopic (exact) mass is 309 g/mol. The number of nitrogens with zero attached hydrogens (tertiary/aromatic N) is 3. The molecule has 0 saturated carbocycles. The number of piperidine rings is 1. The van der Waals surface area contributed by atoms with Crippen LogP contribution < -0.4 is 0 Å². The molecule has 1 unspecified atom stereocenters. The Balaban J connectivity index is 1.54. The van der Waals surface area contributed by atoms with E-state index in [0.29, 0.717) is 11.8 Å². The lowest BCUT2D eigenvalue weighted by molar-refractivity contribution is -0.131. The van der Waals surface area contributed by atoms with Gasteiger partial charge in [-0.3, -0.25) is 4.79 Å². The molecule has 3 rings (SSSR count). The maximum atomic E-state index is 12.5. The van der Waals surface area contributed by atoms with Crippen molar-refractivity contribution in [1.82, 2.24) is 14.9 Å². The van der Waals surface area contributed by atoms with Crippen LogP contribution in [0.3, 0.4) is 0 Å². The number of thioether (sulfide) groups is 2. The highest BCUT2D eigenvalue weighted by Crippen LogP contribution is 2.29. The fourth-order valence-corrected chi connectivity index (χ4v) is 5.34. The summed E-state index contributed by atoms with van der Waals surface area (Å²) in [5, 5.41) is 0.179. The molecule has 2 fully saturated rings. The van der Waals surface area contributed by atoms with Crippen LogP contribution in [0.1, 0.15) is 24.6 Å². The SMILES string of the molecule is O=C(C1CSCCS1)N1CCC(c2ncccn2)CC1. The van der Waals surface area contributed by atoms with Crippen molar-refractivity contribution in [2.75, 3.05) is 30.3 Å². The molecule has 1 aromatic rings. The lowest BCUT2D eigenvalue weighted by Crippen LogP contribution is -2.44. The second kappa shape index (κ2) is 6.80. The van der Waals surface area contributed by atoms with Crippen molar-refractivity contribution in [3.05, 3.63) is 24.3 Å². The van der Waals surface area contributed by atoms with Crippen LogP contribution in [0.15, 0.2) is 18.5 Å². The predicted octanol–water partition coefficient (Wildman–Crippen LogP) is 2.03. The topological polar surface area (TPSA) is 46.1 Å². The minimum absolute atomic E-state index is 0.179. The van der Waals surface area contributed by atoms with E-state index in [2.05, 4.69) is 9.97 Å². The molecule has 0 N–H and O–H groups in total. The fourth-order valence-electron chi connectivity index (χ4n) is 2.71. The molecule has 0 aliphatic carbocycles. The van der Waals surface area contributed by atoms with E-state index < -0.39 is 0 Å². The summed E-state index contributed by atoms with van der Waals surface area (Å²) in [6.45, 7) is 1.70. The summed E-state index contributed by atoms with van der Waals surface area (Å²) in [5.74, 6) is 4.95. The second-order valence-electron chi connectivity index (χ2n) is 5.14.